The van der Waals surface area contributed by atoms with Crippen LogP contribution in [0.2, 0.25) is 10.0 Å². The highest BCUT2D eigenvalue weighted by Gasteiger charge is 2.09. The van der Waals surface area contributed by atoms with E-state index in [4.69, 9.17) is 27.9 Å². The highest BCUT2D eigenvalue weighted by molar-refractivity contribution is 7.14. The number of halogens is 2. The summed E-state index contributed by atoms with van der Waals surface area (Å²) in [7, 11) is 0. The summed E-state index contributed by atoms with van der Waals surface area (Å²) in [6, 6.07) is 26.8. The number of carbonyl (C=O) groups is 2. The van der Waals surface area contributed by atoms with Crippen LogP contribution >= 0.6 is 34.5 Å². The van der Waals surface area contributed by atoms with Gasteiger partial charge in [-0.3, -0.25) is 9.59 Å². The standard InChI is InChI=1S/C32H25Cl2N5O3S/c1-20-2-11-26(16-28(20)34)36-30(40)18-42-27-14-3-21(4-15-27)17-35-39-31(41)23-7-5-22(6-8-23)29-19-43-32(38-29)37-25-12-9-24(33)10-13-25/h2-17,19H,18H2,1H3,(H,36,40)(H,37,38)(H,39,41)/b35-17-. The fourth-order valence-corrected chi connectivity index (χ4v) is 4.86. The molecule has 0 bridgehead atoms. The smallest absolute Gasteiger partial charge is 0.271 e. The topological polar surface area (TPSA) is 105 Å². The van der Waals surface area contributed by atoms with E-state index in [1.807, 2.05) is 54.8 Å². The molecule has 43 heavy (non-hydrogen) atoms. The number of amides is 2. The van der Waals surface area contributed by atoms with Crippen LogP contribution in [0.15, 0.2) is 101 Å². The fourth-order valence-electron chi connectivity index (χ4n) is 3.81. The van der Waals surface area contributed by atoms with Gasteiger partial charge in [0.1, 0.15) is 5.75 Å². The Morgan fingerprint density at radius 2 is 1.65 bits per heavy atom. The summed E-state index contributed by atoms with van der Waals surface area (Å²) < 4.78 is 5.55. The lowest BCUT2D eigenvalue weighted by Gasteiger charge is -2.08. The number of ether oxygens (including phenoxy) is 1. The van der Waals surface area contributed by atoms with Gasteiger partial charge in [0.05, 0.1) is 11.9 Å². The van der Waals surface area contributed by atoms with Crippen molar-refractivity contribution in [1.29, 1.82) is 0 Å². The summed E-state index contributed by atoms with van der Waals surface area (Å²) in [6.45, 7) is 1.73. The number of carbonyl (C=O) groups excluding carboxylic acids is 2. The van der Waals surface area contributed by atoms with E-state index in [0.29, 0.717) is 27.0 Å². The second-order valence-electron chi connectivity index (χ2n) is 9.32. The minimum atomic E-state index is -0.341. The molecule has 0 aliphatic heterocycles. The van der Waals surface area contributed by atoms with Crippen molar-refractivity contribution in [3.63, 3.8) is 0 Å². The predicted molar refractivity (Wildman–Crippen MR) is 174 cm³/mol. The van der Waals surface area contributed by atoms with Crippen molar-refractivity contribution in [2.75, 3.05) is 17.2 Å². The Balaban J connectivity index is 1.08. The molecular weight excluding hydrogens is 605 g/mol. The van der Waals surface area contributed by atoms with Crippen LogP contribution in [0.5, 0.6) is 5.75 Å². The van der Waals surface area contributed by atoms with Gasteiger partial charge in [0.2, 0.25) is 0 Å². The Hall–Kier alpha value is -4.70. The molecule has 0 unspecified atom stereocenters. The molecule has 0 saturated carbocycles. The molecule has 0 atom stereocenters. The number of hydrogen-bond donors (Lipinski definition) is 3. The van der Waals surface area contributed by atoms with Crippen LogP contribution in [0.4, 0.5) is 16.5 Å². The van der Waals surface area contributed by atoms with Crippen molar-refractivity contribution >= 4 is 69.1 Å². The Bertz CT molecular complexity index is 1760. The van der Waals surface area contributed by atoms with Gasteiger partial charge in [-0.2, -0.15) is 5.10 Å². The molecule has 216 valence electrons. The zero-order valence-electron chi connectivity index (χ0n) is 22.8. The molecule has 5 rings (SSSR count). The molecule has 0 spiro atoms. The second kappa shape index (κ2) is 14.0. The Kier molecular flexibility index (Phi) is 9.68. The van der Waals surface area contributed by atoms with Gasteiger partial charge in [0.25, 0.3) is 11.8 Å². The zero-order chi connectivity index (χ0) is 30.2. The lowest BCUT2D eigenvalue weighted by atomic mass is 10.1. The number of hydrogen-bond acceptors (Lipinski definition) is 7. The van der Waals surface area contributed by atoms with E-state index in [1.165, 1.54) is 17.6 Å². The third-order valence-corrected chi connectivity index (χ3v) is 7.54. The number of thiazole rings is 1. The minimum Gasteiger partial charge on any atom is -0.484 e. The van der Waals surface area contributed by atoms with Crippen LogP contribution in [-0.2, 0) is 4.79 Å². The minimum absolute atomic E-state index is 0.155. The van der Waals surface area contributed by atoms with Gasteiger partial charge in [-0.25, -0.2) is 10.4 Å². The normalized spacial score (nSPS) is 10.9. The summed E-state index contributed by atoms with van der Waals surface area (Å²) >= 11 is 13.5. The Morgan fingerprint density at radius 3 is 2.37 bits per heavy atom. The molecule has 0 aliphatic rings. The van der Waals surface area contributed by atoms with Gasteiger partial charge in [0.15, 0.2) is 11.7 Å². The van der Waals surface area contributed by atoms with Crippen LogP contribution in [-0.4, -0.2) is 29.6 Å². The molecule has 2 amide bonds. The molecule has 4 aromatic carbocycles. The van der Waals surface area contributed by atoms with Crippen molar-refractivity contribution in [2.45, 2.75) is 6.92 Å². The number of benzene rings is 4. The Labute approximate surface area is 262 Å². The van der Waals surface area contributed by atoms with E-state index >= 15 is 0 Å². The van der Waals surface area contributed by atoms with E-state index in [1.54, 1.807) is 48.5 Å². The molecule has 3 N–H and O–H groups in total. The van der Waals surface area contributed by atoms with Gasteiger partial charge in [0, 0.05) is 37.9 Å². The van der Waals surface area contributed by atoms with Crippen LogP contribution in [0.1, 0.15) is 21.5 Å². The van der Waals surface area contributed by atoms with Crippen LogP contribution in [0, 0.1) is 6.92 Å². The number of aromatic nitrogens is 1. The van der Waals surface area contributed by atoms with Gasteiger partial charge in [-0.1, -0.05) is 41.4 Å². The zero-order valence-corrected chi connectivity index (χ0v) is 25.1. The number of hydrazone groups is 1. The van der Waals surface area contributed by atoms with E-state index in [2.05, 4.69) is 26.1 Å². The molecule has 0 fully saturated rings. The third kappa shape index (κ3) is 8.42. The number of aryl methyl sites for hydroxylation is 1. The maximum Gasteiger partial charge on any atom is 0.271 e. The van der Waals surface area contributed by atoms with E-state index < -0.39 is 0 Å². The first kappa shape index (κ1) is 29.8. The molecule has 0 aliphatic carbocycles. The Morgan fingerprint density at radius 1 is 0.930 bits per heavy atom. The SMILES string of the molecule is Cc1ccc(NC(=O)COc2ccc(/C=N\NC(=O)c3ccc(-c4csc(Nc5ccc(Cl)cc5)n4)cc3)cc2)cc1Cl. The van der Waals surface area contributed by atoms with E-state index in [9.17, 15) is 9.59 Å². The van der Waals surface area contributed by atoms with Crippen LogP contribution < -0.4 is 20.8 Å². The van der Waals surface area contributed by atoms with Crippen molar-refractivity contribution < 1.29 is 14.3 Å². The first-order valence-electron chi connectivity index (χ1n) is 13.0. The summed E-state index contributed by atoms with van der Waals surface area (Å²) in [4.78, 5) is 29.4. The van der Waals surface area contributed by atoms with Crippen molar-refractivity contribution in [3.05, 3.63) is 123 Å². The quantitative estimate of drug-likeness (QED) is 0.107. The number of nitrogens with zero attached hydrogens (tertiary/aromatic N) is 2. The van der Waals surface area contributed by atoms with Gasteiger partial charge in [-0.05, 0) is 90.8 Å². The molecular formula is C32H25Cl2N5O3S. The molecule has 11 heteroatoms. The van der Waals surface area contributed by atoms with Gasteiger partial charge in [-0.15, -0.1) is 11.3 Å². The average molecular weight is 631 g/mol. The lowest BCUT2D eigenvalue weighted by Crippen LogP contribution is -2.20. The largest absolute Gasteiger partial charge is 0.484 e. The first-order valence-corrected chi connectivity index (χ1v) is 14.7. The third-order valence-electron chi connectivity index (χ3n) is 6.13. The van der Waals surface area contributed by atoms with Crippen molar-refractivity contribution in [2.24, 2.45) is 5.10 Å². The summed E-state index contributed by atoms with van der Waals surface area (Å²) in [5.41, 5.74) is 7.86. The monoisotopic (exact) mass is 629 g/mol. The first-order chi connectivity index (χ1) is 20.8. The van der Waals surface area contributed by atoms with Crippen LogP contribution in [0.25, 0.3) is 11.3 Å². The van der Waals surface area contributed by atoms with Gasteiger partial charge >= 0.3 is 0 Å². The molecule has 0 saturated heterocycles. The van der Waals surface area contributed by atoms with Crippen molar-refractivity contribution in [3.8, 4) is 17.0 Å². The van der Waals surface area contributed by atoms with Gasteiger partial charge < -0.3 is 15.4 Å². The summed E-state index contributed by atoms with van der Waals surface area (Å²) in [5.74, 6) is -0.123. The number of rotatable bonds is 10. The molecule has 5 aromatic rings. The highest BCUT2D eigenvalue weighted by Crippen LogP contribution is 2.28. The van der Waals surface area contributed by atoms with Crippen molar-refractivity contribution in [1.82, 2.24) is 10.4 Å². The van der Waals surface area contributed by atoms with E-state index in [0.717, 1.165) is 33.2 Å². The number of nitrogens with one attached hydrogen (secondary N) is 3. The molecule has 8 nitrogen and oxygen atoms in total. The molecule has 1 aromatic heterocycles. The average Bonchev–Trinajstić information content (AvgIpc) is 3.48. The second-order valence-corrected chi connectivity index (χ2v) is 11.0. The predicted octanol–water partition coefficient (Wildman–Crippen LogP) is 7.95. The molecule has 0 radical (unpaired) electrons. The molecule has 1 heterocycles. The maximum absolute atomic E-state index is 12.6. The van der Waals surface area contributed by atoms with E-state index in [-0.39, 0.29) is 18.4 Å². The lowest BCUT2D eigenvalue weighted by molar-refractivity contribution is -0.118. The van der Waals surface area contributed by atoms with Crippen LogP contribution in [0.3, 0.4) is 0 Å². The maximum atomic E-state index is 12.6. The number of anilines is 3. The highest BCUT2D eigenvalue weighted by atomic mass is 35.5. The fraction of sp³-hybridized carbons (Fsp3) is 0.0625. The summed E-state index contributed by atoms with van der Waals surface area (Å²) in [5, 5.41) is 14.0. The summed E-state index contributed by atoms with van der Waals surface area (Å²) in [6.07, 6.45) is 1.52.